The van der Waals surface area contributed by atoms with E-state index in [1.165, 1.54) is 18.2 Å². The fraction of sp³-hybridized carbons (Fsp3) is 0. The summed E-state index contributed by atoms with van der Waals surface area (Å²) in [4.78, 5) is 32.1. The maximum absolute atomic E-state index is 11.2. The number of nitrogens with zero attached hydrogens (tertiary/aromatic N) is 1. The van der Waals surface area contributed by atoms with Gasteiger partial charge in [0.05, 0.1) is 10.5 Å². The van der Waals surface area contributed by atoms with E-state index in [0.29, 0.717) is 17.4 Å². The number of rotatable bonds is 4. The molecule has 0 aliphatic carbocycles. The molecule has 0 aromatic heterocycles. The highest BCUT2D eigenvalue weighted by Gasteiger charge is 2.16. The van der Waals surface area contributed by atoms with Gasteiger partial charge in [-0.15, -0.1) is 0 Å². The number of benzene rings is 2. The summed E-state index contributed by atoms with van der Waals surface area (Å²) >= 11 is 0. The average molecular weight is 271 g/mol. The molecule has 0 aliphatic heterocycles. The van der Waals surface area contributed by atoms with Gasteiger partial charge in [-0.2, -0.15) is 0 Å². The highest BCUT2D eigenvalue weighted by molar-refractivity contribution is 5.97. The van der Waals surface area contributed by atoms with Gasteiger partial charge in [-0.3, -0.25) is 14.9 Å². The van der Waals surface area contributed by atoms with Crippen LogP contribution >= 0.6 is 0 Å². The van der Waals surface area contributed by atoms with E-state index >= 15 is 0 Å². The standard InChI is InChI=1S/C14H9NO5/c16-8-9-2-1-3-10(6-9)13-7-11(15(19)20)4-5-12(13)14(17)18/h1-8H,(H,17,18). The highest BCUT2D eigenvalue weighted by Crippen LogP contribution is 2.28. The zero-order valence-electron chi connectivity index (χ0n) is 10.1. The predicted molar refractivity (Wildman–Crippen MR) is 70.9 cm³/mol. The first kappa shape index (κ1) is 13.4. The summed E-state index contributed by atoms with van der Waals surface area (Å²) in [5.41, 5.74) is 0.747. The molecule has 0 amide bonds. The number of hydrogen-bond acceptors (Lipinski definition) is 4. The summed E-state index contributed by atoms with van der Waals surface area (Å²) in [7, 11) is 0. The molecule has 0 unspecified atom stereocenters. The Morgan fingerprint density at radius 3 is 2.55 bits per heavy atom. The van der Waals surface area contributed by atoms with Gasteiger partial charge < -0.3 is 5.11 Å². The van der Waals surface area contributed by atoms with E-state index in [4.69, 9.17) is 5.11 Å². The van der Waals surface area contributed by atoms with Crippen molar-refractivity contribution < 1.29 is 19.6 Å². The van der Waals surface area contributed by atoms with Crippen LogP contribution in [0.4, 0.5) is 5.69 Å². The molecular weight excluding hydrogens is 262 g/mol. The van der Waals surface area contributed by atoms with Crippen molar-refractivity contribution in [2.75, 3.05) is 0 Å². The predicted octanol–water partition coefficient (Wildman–Crippen LogP) is 2.77. The third-order valence-corrected chi connectivity index (χ3v) is 2.78. The van der Waals surface area contributed by atoms with Gasteiger partial charge >= 0.3 is 5.97 Å². The lowest BCUT2D eigenvalue weighted by Crippen LogP contribution is -2.01. The summed E-state index contributed by atoms with van der Waals surface area (Å²) in [6, 6.07) is 9.74. The van der Waals surface area contributed by atoms with Crippen molar-refractivity contribution in [1.82, 2.24) is 0 Å². The number of aromatic carboxylic acids is 1. The molecule has 2 aromatic carbocycles. The lowest BCUT2D eigenvalue weighted by molar-refractivity contribution is -0.384. The van der Waals surface area contributed by atoms with Crippen LogP contribution in [0.1, 0.15) is 20.7 Å². The largest absolute Gasteiger partial charge is 0.478 e. The van der Waals surface area contributed by atoms with Gasteiger partial charge in [0, 0.05) is 23.3 Å². The van der Waals surface area contributed by atoms with Crippen LogP contribution in [0, 0.1) is 10.1 Å². The molecule has 20 heavy (non-hydrogen) atoms. The summed E-state index contributed by atoms with van der Waals surface area (Å²) in [5, 5.41) is 19.9. The molecule has 0 atom stereocenters. The molecule has 0 bridgehead atoms. The number of hydrogen-bond donors (Lipinski definition) is 1. The monoisotopic (exact) mass is 271 g/mol. The van der Waals surface area contributed by atoms with Crippen LogP contribution in [0.5, 0.6) is 0 Å². The number of carboxylic acid groups (broad SMARTS) is 1. The molecule has 6 nitrogen and oxygen atoms in total. The first-order valence-electron chi connectivity index (χ1n) is 5.60. The van der Waals surface area contributed by atoms with E-state index in [1.807, 2.05) is 0 Å². The average Bonchev–Trinajstić information content (AvgIpc) is 2.46. The van der Waals surface area contributed by atoms with E-state index < -0.39 is 10.9 Å². The second kappa shape index (κ2) is 5.31. The summed E-state index contributed by atoms with van der Waals surface area (Å²) in [6.07, 6.45) is 0.626. The summed E-state index contributed by atoms with van der Waals surface area (Å²) in [5.74, 6) is -1.19. The minimum atomic E-state index is -1.19. The maximum atomic E-state index is 11.2. The number of non-ortho nitro benzene ring substituents is 1. The van der Waals surface area contributed by atoms with Crippen molar-refractivity contribution in [2.45, 2.75) is 0 Å². The maximum Gasteiger partial charge on any atom is 0.336 e. The minimum absolute atomic E-state index is 0.0568. The fourth-order valence-corrected chi connectivity index (χ4v) is 1.85. The van der Waals surface area contributed by atoms with Crippen molar-refractivity contribution in [3.8, 4) is 11.1 Å². The summed E-state index contributed by atoms with van der Waals surface area (Å²) in [6.45, 7) is 0. The molecule has 0 heterocycles. The van der Waals surface area contributed by atoms with Crippen LogP contribution in [-0.4, -0.2) is 22.3 Å². The smallest absolute Gasteiger partial charge is 0.336 e. The zero-order valence-corrected chi connectivity index (χ0v) is 10.1. The van der Waals surface area contributed by atoms with E-state index in [2.05, 4.69) is 0 Å². The fourth-order valence-electron chi connectivity index (χ4n) is 1.85. The van der Waals surface area contributed by atoms with E-state index in [-0.39, 0.29) is 16.8 Å². The van der Waals surface area contributed by atoms with Gasteiger partial charge in [0.1, 0.15) is 6.29 Å². The topological polar surface area (TPSA) is 97.5 Å². The van der Waals surface area contributed by atoms with Crippen LogP contribution in [0.2, 0.25) is 0 Å². The molecule has 0 radical (unpaired) electrons. The molecule has 6 heteroatoms. The number of carboxylic acids is 1. The minimum Gasteiger partial charge on any atom is -0.478 e. The van der Waals surface area contributed by atoms with E-state index in [0.717, 1.165) is 6.07 Å². The number of nitro benzene ring substituents is 1. The Morgan fingerprint density at radius 1 is 1.20 bits per heavy atom. The number of nitro groups is 1. The van der Waals surface area contributed by atoms with Crippen molar-refractivity contribution in [3.63, 3.8) is 0 Å². The SMILES string of the molecule is O=Cc1cccc(-c2cc([N+](=O)[O-])ccc2C(=O)O)c1. The third kappa shape index (κ3) is 2.54. The lowest BCUT2D eigenvalue weighted by Gasteiger charge is -2.07. The second-order valence-corrected chi connectivity index (χ2v) is 4.04. The zero-order chi connectivity index (χ0) is 14.7. The first-order valence-corrected chi connectivity index (χ1v) is 5.60. The Hall–Kier alpha value is -3.02. The van der Waals surface area contributed by atoms with E-state index in [9.17, 15) is 19.7 Å². The molecule has 100 valence electrons. The van der Waals surface area contributed by atoms with Gasteiger partial charge in [-0.1, -0.05) is 18.2 Å². The first-order chi connectivity index (χ1) is 9.52. The Kier molecular flexibility index (Phi) is 3.56. The molecule has 0 saturated heterocycles. The normalized spacial score (nSPS) is 10.0. The summed E-state index contributed by atoms with van der Waals surface area (Å²) < 4.78 is 0. The molecule has 1 N–H and O–H groups in total. The van der Waals surface area contributed by atoms with Crippen LogP contribution < -0.4 is 0 Å². The third-order valence-electron chi connectivity index (χ3n) is 2.78. The molecular formula is C14H9NO5. The lowest BCUT2D eigenvalue weighted by atomic mass is 9.97. The van der Waals surface area contributed by atoms with Gasteiger partial charge in [-0.25, -0.2) is 4.79 Å². The van der Waals surface area contributed by atoms with E-state index in [1.54, 1.807) is 18.2 Å². The molecule has 2 aromatic rings. The van der Waals surface area contributed by atoms with Gasteiger partial charge in [-0.05, 0) is 17.7 Å². The van der Waals surface area contributed by atoms with Crippen LogP contribution in [0.25, 0.3) is 11.1 Å². The van der Waals surface area contributed by atoms with Gasteiger partial charge in [0.25, 0.3) is 5.69 Å². The Balaban J connectivity index is 2.68. The van der Waals surface area contributed by atoms with Crippen LogP contribution in [0.15, 0.2) is 42.5 Å². The molecule has 2 rings (SSSR count). The molecule has 0 saturated carbocycles. The number of aldehydes is 1. The van der Waals surface area contributed by atoms with Gasteiger partial charge in [0.2, 0.25) is 0 Å². The van der Waals surface area contributed by atoms with Crippen molar-refractivity contribution >= 4 is 17.9 Å². The second-order valence-electron chi connectivity index (χ2n) is 4.04. The molecule has 0 fully saturated rings. The van der Waals surface area contributed by atoms with Crippen molar-refractivity contribution in [2.24, 2.45) is 0 Å². The highest BCUT2D eigenvalue weighted by atomic mass is 16.6. The number of carbonyl (C=O) groups excluding carboxylic acids is 1. The Labute approximate surface area is 113 Å². The Morgan fingerprint density at radius 2 is 1.95 bits per heavy atom. The van der Waals surface area contributed by atoms with Crippen molar-refractivity contribution in [1.29, 1.82) is 0 Å². The Bertz CT molecular complexity index is 708. The molecule has 0 aliphatic rings. The van der Waals surface area contributed by atoms with Crippen LogP contribution in [-0.2, 0) is 0 Å². The van der Waals surface area contributed by atoms with Gasteiger partial charge in [0.15, 0.2) is 0 Å². The van der Waals surface area contributed by atoms with Crippen molar-refractivity contribution in [3.05, 3.63) is 63.7 Å². The molecule has 0 spiro atoms. The quantitative estimate of drug-likeness (QED) is 0.523. The number of carbonyl (C=O) groups is 2. The van der Waals surface area contributed by atoms with Crippen LogP contribution in [0.3, 0.4) is 0 Å².